The standard InChI is InChI=1S/C12H22N2O3/c1-3-8-17-10-12(16)13(2)9-11(15)14-6-4-5-7-14/h3-10H2,1-2H3. The Morgan fingerprint density at radius 1 is 1.29 bits per heavy atom. The van der Waals surface area contributed by atoms with E-state index >= 15 is 0 Å². The first-order chi connectivity index (χ1) is 8.15. The van der Waals surface area contributed by atoms with E-state index in [1.807, 2.05) is 11.8 Å². The molecule has 0 bridgehead atoms. The molecule has 1 heterocycles. The van der Waals surface area contributed by atoms with E-state index in [0.717, 1.165) is 32.4 Å². The Kier molecular flexibility index (Phi) is 5.97. The Labute approximate surface area is 103 Å². The lowest BCUT2D eigenvalue weighted by molar-refractivity contribution is -0.141. The van der Waals surface area contributed by atoms with Crippen molar-refractivity contribution in [2.24, 2.45) is 0 Å². The fourth-order valence-corrected chi connectivity index (χ4v) is 1.77. The first kappa shape index (κ1) is 14.0. The summed E-state index contributed by atoms with van der Waals surface area (Å²) in [4.78, 5) is 26.6. The average molecular weight is 242 g/mol. The predicted octanol–water partition coefficient (Wildman–Crippen LogP) is 0.494. The molecule has 0 unspecified atom stereocenters. The second kappa shape index (κ2) is 7.27. The zero-order valence-corrected chi connectivity index (χ0v) is 10.8. The fourth-order valence-electron chi connectivity index (χ4n) is 1.77. The van der Waals surface area contributed by atoms with Crippen molar-refractivity contribution < 1.29 is 14.3 Å². The van der Waals surface area contributed by atoms with E-state index in [2.05, 4.69) is 0 Å². The lowest BCUT2D eigenvalue weighted by Gasteiger charge is -2.21. The van der Waals surface area contributed by atoms with Crippen LogP contribution in [0.2, 0.25) is 0 Å². The van der Waals surface area contributed by atoms with Gasteiger partial charge in [-0.05, 0) is 19.3 Å². The highest BCUT2D eigenvalue weighted by Gasteiger charge is 2.20. The van der Waals surface area contributed by atoms with Gasteiger partial charge >= 0.3 is 0 Å². The Balaban J connectivity index is 2.24. The molecule has 0 N–H and O–H groups in total. The van der Waals surface area contributed by atoms with Crippen LogP contribution in [0.1, 0.15) is 26.2 Å². The molecular formula is C12H22N2O3. The minimum atomic E-state index is -0.133. The molecule has 0 atom stereocenters. The molecule has 1 aliphatic heterocycles. The third-order valence-electron chi connectivity index (χ3n) is 2.83. The monoisotopic (exact) mass is 242 g/mol. The van der Waals surface area contributed by atoms with Crippen molar-refractivity contribution in [3.05, 3.63) is 0 Å². The normalized spacial score (nSPS) is 15.1. The van der Waals surface area contributed by atoms with Crippen LogP contribution < -0.4 is 0 Å². The van der Waals surface area contributed by atoms with E-state index in [0.29, 0.717) is 6.61 Å². The number of amides is 2. The molecule has 0 aromatic rings. The number of nitrogens with zero attached hydrogens (tertiary/aromatic N) is 2. The molecule has 0 aliphatic carbocycles. The van der Waals surface area contributed by atoms with Gasteiger partial charge in [-0.2, -0.15) is 0 Å². The molecule has 17 heavy (non-hydrogen) atoms. The van der Waals surface area contributed by atoms with E-state index in [1.54, 1.807) is 7.05 Å². The third kappa shape index (κ3) is 4.73. The number of carbonyl (C=O) groups is 2. The highest BCUT2D eigenvalue weighted by Crippen LogP contribution is 2.07. The minimum absolute atomic E-state index is 0.0360. The molecule has 2 amide bonds. The van der Waals surface area contributed by atoms with Crippen LogP contribution in [0.25, 0.3) is 0 Å². The SMILES string of the molecule is CCCOCC(=O)N(C)CC(=O)N1CCCC1. The van der Waals surface area contributed by atoms with Gasteiger partial charge in [0.15, 0.2) is 0 Å². The first-order valence-electron chi connectivity index (χ1n) is 6.24. The molecule has 1 aliphatic rings. The second-order valence-corrected chi connectivity index (χ2v) is 4.39. The molecule has 5 nitrogen and oxygen atoms in total. The van der Waals surface area contributed by atoms with Crippen molar-refractivity contribution in [1.82, 2.24) is 9.80 Å². The van der Waals surface area contributed by atoms with E-state index in [9.17, 15) is 9.59 Å². The quantitative estimate of drug-likeness (QED) is 0.637. The van der Waals surface area contributed by atoms with Crippen molar-refractivity contribution in [1.29, 1.82) is 0 Å². The Hall–Kier alpha value is -1.10. The van der Waals surface area contributed by atoms with Gasteiger partial charge in [-0.3, -0.25) is 9.59 Å². The van der Waals surface area contributed by atoms with Crippen molar-refractivity contribution in [3.8, 4) is 0 Å². The van der Waals surface area contributed by atoms with Crippen LogP contribution >= 0.6 is 0 Å². The van der Waals surface area contributed by atoms with Crippen molar-refractivity contribution in [2.45, 2.75) is 26.2 Å². The lowest BCUT2D eigenvalue weighted by Crippen LogP contribution is -2.41. The van der Waals surface area contributed by atoms with Crippen molar-refractivity contribution in [2.75, 3.05) is 39.9 Å². The molecule has 0 aromatic carbocycles. The van der Waals surface area contributed by atoms with E-state index in [4.69, 9.17) is 4.74 Å². The average Bonchev–Trinajstić information content (AvgIpc) is 2.82. The summed E-state index contributed by atoms with van der Waals surface area (Å²) in [5.74, 6) is -0.0974. The number of carbonyl (C=O) groups excluding carboxylic acids is 2. The molecule has 0 radical (unpaired) electrons. The van der Waals surface area contributed by atoms with Gasteiger partial charge < -0.3 is 14.5 Å². The Bertz CT molecular complexity index is 262. The molecule has 0 saturated carbocycles. The first-order valence-corrected chi connectivity index (χ1v) is 6.24. The van der Waals surface area contributed by atoms with Gasteiger partial charge in [-0.25, -0.2) is 0 Å². The third-order valence-corrected chi connectivity index (χ3v) is 2.83. The molecular weight excluding hydrogens is 220 g/mol. The summed E-state index contributed by atoms with van der Waals surface area (Å²) in [5.41, 5.74) is 0. The zero-order valence-electron chi connectivity index (χ0n) is 10.8. The summed E-state index contributed by atoms with van der Waals surface area (Å²) in [6.45, 7) is 4.46. The van der Waals surface area contributed by atoms with Gasteiger partial charge in [0.1, 0.15) is 6.61 Å². The van der Waals surface area contributed by atoms with Gasteiger partial charge in [-0.15, -0.1) is 0 Å². The van der Waals surface area contributed by atoms with Gasteiger partial charge in [0.2, 0.25) is 11.8 Å². The van der Waals surface area contributed by atoms with Crippen molar-refractivity contribution >= 4 is 11.8 Å². The molecule has 5 heteroatoms. The fraction of sp³-hybridized carbons (Fsp3) is 0.833. The lowest BCUT2D eigenvalue weighted by atomic mass is 10.4. The number of hydrogen-bond donors (Lipinski definition) is 0. The summed E-state index contributed by atoms with van der Waals surface area (Å²) < 4.78 is 5.16. The summed E-state index contributed by atoms with van der Waals surface area (Å²) >= 11 is 0. The molecule has 1 fully saturated rings. The molecule has 0 aromatic heterocycles. The topological polar surface area (TPSA) is 49.9 Å². The molecule has 0 spiro atoms. The number of ether oxygens (including phenoxy) is 1. The highest BCUT2D eigenvalue weighted by atomic mass is 16.5. The highest BCUT2D eigenvalue weighted by molar-refractivity contribution is 5.85. The van der Waals surface area contributed by atoms with Crippen LogP contribution in [0.15, 0.2) is 0 Å². The summed E-state index contributed by atoms with van der Waals surface area (Å²) in [6, 6.07) is 0. The van der Waals surface area contributed by atoms with Crippen LogP contribution in [0, 0.1) is 0 Å². The van der Waals surface area contributed by atoms with Gasteiger partial charge in [0.05, 0.1) is 6.54 Å². The maximum Gasteiger partial charge on any atom is 0.248 e. The number of likely N-dealkylation sites (N-methyl/N-ethyl adjacent to an activating group) is 1. The number of rotatable bonds is 6. The summed E-state index contributed by atoms with van der Waals surface area (Å²) in [5, 5.41) is 0. The van der Waals surface area contributed by atoms with Crippen LogP contribution in [0.3, 0.4) is 0 Å². The second-order valence-electron chi connectivity index (χ2n) is 4.39. The van der Waals surface area contributed by atoms with Gasteiger partial charge in [0, 0.05) is 26.7 Å². The Morgan fingerprint density at radius 2 is 1.94 bits per heavy atom. The van der Waals surface area contributed by atoms with Crippen LogP contribution in [-0.2, 0) is 14.3 Å². The van der Waals surface area contributed by atoms with Crippen LogP contribution in [0.4, 0.5) is 0 Å². The van der Waals surface area contributed by atoms with E-state index in [-0.39, 0.29) is 25.0 Å². The van der Waals surface area contributed by atoms with Gasteiger partial charge in [0.25, 0.3) is 0 Å². The molecule has 1 saturated heterocycles. The van der Waals surface area contributed by atoms with Crippen molar-refractivity contribution in [3.63, 3.8) is 0 Å². The van der Waals surface area contributed by atoms with Gasteiger partial charge in [-0.1, -0.05) is 6.92 Å². The van der Waals surface area contributed by atoms with E-state index in [1.165, 1.54) is 4.90 Å². The molecule has 1 rings (SSSR count). The maximum atomic E-state index is 11.8. The number of hydrogen-bond acceptors (Lipinski definition) is 3. The smallest absolute Gasteiger partial charge is 0.248 e. The molecule has 98 valence electrons. The predicted molar refractivity (Wildman–Crippen MR) is 64.6 cm³/mol. The van der Waals surface area contributed by atoms with Crippen LogP contribution in [0.5, 0.6) is 0 Å². The van der Waals surface area contributed by atoms with Crippen LogP contribution in [-0.4, -0.2) is 61.5 Å². The maximum absolute atomic E-state index is 11.8. The number of likely N-dealkylation sites (tertiary alicyclic amines) is 1. The summed E-state index contributed by atoms with van der Waals surface area (Å²) in [7, 11) is 1.64. The Morgan fingerprint density at radius 3 is 2.53 bits per heavy atom. The van der Waals surface area contributed by atoms with E-state index < -0.39 is 0 Å². The minimum Gasteiger partial charge on any atom is -0.372 e. The summed E-state index contributed by atoms with van der Waals surface area (Å²) in [6.07, 6.45) is 3.04. The largest absolute Gasteiger partial charge is 0.372 e. The zero-order chi connectivity index (χ0) is 12.7.